The van der Waals surface area contributed by atoms with Gasteiger partial charge in [0.1, 0.15) is 5.82 Å². The maximum absolute atomic E-state index is 13.0. The largest absolute Gasteiger partial charge is 0.399 e. The Morgan fingerprint density at radius 1 is 1.19 bits per heavy atom. The second kappa shape index (κ2) is 7.24. The maximum atomic E-state index is 13.0. The summed E-state index contributed by atoms with van der Waals surface area (Å²) in [5.41, 5.74) is 8.04. The smallest absolute Gasteiger partial charge is 0.244 e. The summed E-state index contributed by atoms with van der Waals surface area (Å²) in [5.74, 6) is -0.450. The molecule has 3 nitrogen and oxygen atoms in total. The molecule has 2 aromatic carbocycles. The van der Waals surface area contributed by atoms with Crippen LogP contribution in [0, 0.1) is 5.82 Å². The Bertz CT molecular complexity index is 653. The highest BCUT2D eigenvalue weighted by Gasteiger charge is 1.98. The van der Waals surface area contributed by atoms with Crippen molar-refractivity contribution in [2.75, 3.05) is 12.3 Å². The third kappa shape index (κ3) is 5.10. The van der Waals surface area contributed by atoms with Crippen LogP contribution in [0.1, 0.15) is 11.1 Å². The summed E-state index contributed by atoms with van der Waals surface area (Å²) in [5, 5.41) is 2.76. The molecule has 0 radical (unpaired) electrons. The zero-order valence-corrected chi connectivity index (χ0v) is 11.6. The first kappa shape index (κ1) is 14.8. The van der Waals surface area contributed by atoms with Gasteiger partial charge in [-0.25, -0.2) is 4.39 Å². The third-order valence-corrected chi connectivity index (χ3v) is 2.94. The molecular weight excluding hydrogens is 267 g/mol. The molecule has 0 aliphatic carbocycles. The van der Waals surface area contributed by atoms with Gasteiger partial charge in [-0.3, -0.25) is 4.79 Å². The highest BCUT2D eigenvalue weighted by molar-refractivity contribution is 5.91. The number of nitrogen functional groups attached to an aromatic ring is 1. The molecule has 1 amide bonds. The molecule has 0 aromatic heterocycles. The number of benzene rings is 2. The van der Waals surface area contributed by atoms with E-state index in [1.807, 2.05) is 18.2 Å². The molecule has 0 spiro atoms. The topological polar surface area (TPSA) is 55.1 Å². The van der Waals surface area contributed by atoms with Crippen molar-refractivity contribution < 1.29 is 9.18 Å². The summed E-state index contributed by atoms with van der Waals surface area (Å²) in [7, 11) is 0. The van der Waals surface area contributed by atoms with Crippen LogP contribution in [-0.4, -0.2) is 12.5 Å². The molecule has 0 fully saturated rings. The second-order valence-corrected chi connectivity index (χ2v) is 4.67. The van der Waals surface area contributed by atoms with E-state index in [1.54, 1.807) is 24.3 Å². The van der Waals surface area contributed by atoms with Crippen molar-refractivity contribution in [3.05, 3.63) is 71.6 Å². The maximum Gasteiger partial charge on any atom is 0.244 e. The summed E-state index contributed by atoms with van der Waals surface area (Å²) in [4.78, 5) is 11.7. The lowest BCUT2D eigenvalue weighted by molar-refractivity contribution is -0.116. The van der Waals surface area contributed by atoms with Crippen molar-refractivity contribution in [3.8, 4) is 0 Å². The normalized spacial score (nSPS) is 10.7. The van der Waals surface area contributed by atoms with Gasteiger partial charge in [-0.15, -0.1) is 0 Å². The first-order valence-electron chi connectivity index (χ1n) is 6.69. The van der Waals surface area contributed by atoms with Crippen molar-refractivity contribution in [2.24, 2.45) is 0 Å². The molecule has 0 unspecified atom stereocenters. The van der Waals surface area contributed by atoms with Gasteiger partial charge in [-0.1, -0.05) is 24.3 Å². The minimum absolute atomic E-state index is 0.186. The lowest BCUT2D eigenvalue weighted by Crippen LogP contribution is -2.23. The number of rotatable bonds is 5. The van der Waals surface area contributed by atoms with Gasteiger partial charge in [0, 0.05) is 18.3 Å². The number of amides is 1. The van der Waals surface area contributed by atoms with Gasteiger partial charge < -0.3 is 11.1 Å². The fraction of sp³-hybridized carbons (Fsp3) is 0.118. The first-order chi connectivity index (χ1) is 10.1. The Balaban J connectivity index is 1.80. The molecule has 21 heavy (non-hydrogen) atoms. The standard InChI is InChI=1S/C17H17FN2O/c18-15-5-1-3-14(11-15)9-10-20-17(21)8-7-13-4-2-6-16(19)12-13/h1-8,11-12H,9-10,19H2,(H,20,21)/b8-7+. The monoisotopic (exact) mass is 284 g/mol. The van der Waals surface area contributed by atoms with Gasteiger partial charge in [0.15, 0.2) is 0 Å². The molecule has 0 aliphatic rings. The molecule has 4 heteroatoms. The van der Waals surface area contributed by atoms with Crippen LogP contribution in [0.2, 0.25) is 0 Å². The molecule has 2 aromatic rings. The van der Waals surface area contributed by atoms with Crippen LogP contribution >= 0.6 is 0 Å². The van der Waals surface area contributed by atoms with Gasteiger partial charge in [0.2, 0.25) is 5.91 Å². The van der Waals surface area contributed by atoms with E-state index in [0.717, 1.165) is 11.1 Å². The molecule has 0 heterocycles. The summed E-state index contributed by atoms with van der Waals surface area (Å²) < 4.78 is 13.0. The summed E-state index contributed by atoms with van der Waals surface area (Å²) in [6, 6.07) is 13.6. The number of hydrogen-bond donors (Lipinski definition) is 2. The summed E-state index contributed by atoms with van der Waals surface area (Å²) in [6.07, 6.45) is 3.75. The van der Waals surface area contributed by atoms with Crippen molar-refractivity contribution in [1.82, 2.24) is 5.32 Å². The van der Waals surface area contributed by atoms with Crippen LogP contribution in [-0.2, 0) is 11.2 Å². The van der Waals surface area contributed by atoms with Crippen molar-refractivity contribution in [1.29, 1.82) is 0 Å². The molecule has 3 N–H and O–H groups in total. The Hall–Kier alpha value is -2.62. The van der Waals surface area contributed by atoms with Gasteiger partial charge in [-0.2, -0.15) is 0 Å². The summed E-state index contributed by atoms with van der Waals surface area (Å²) >= 11 is 0. The minimum atomic E-state index is -0.264. The molecule has 0 saturated heterocycles. The Morgan fingerprint density at radius 3 is 2.76 bits per heavy atom. The van der Waals surface area contributed by atoms with Gasteiger partial charge >= 0.3 is 0 Å². The van der Waals surface area contributed by atoms with Gasteiger partial charge in [0.05, 0.1) is 0 Å². The predicted octanol–water partition coefficient (Wildman–Crippen LogP) is 2.78. The lowest BCUT2D eigenvalue weighted by atomic mass is 10.1. The molecule has 0 bridgehead atoms. The number of hydrogen-bond acceptors (Lipinski definition) is 2. The third-order valence-electron chi connectivity index (χ3n) is 2.94. The molecule has 2 rings (SSSR count). The van der Waals surface area contributed by atoms with Crippen LogP contribution in [0.4, 0.5) is 10.1 Å². The van der Waals surface area contributed by atoms with E-state index in [9.17, 15) is 9.18 Å². The lowest BCUT2D eigenvalue weighted by Gasteiger charge is -2.03. The van der Waals surface area contributed by atoms with E-state index in [2.05, 4.69) is 5.32 Å². The zero-order chi connectivity index (χ0) is 15.1. The number of anilines is 1. The van der Waals surface area contributed by atoms with Gasteiger partial charge in [-0.05, 0) is 47.9 Å². The Labute approximate surface area is 123 Å². The van der Waals surface area contributed by atoms with Crippen LogP contribution in [0.5, 0.6) is 0 Å². The fourth-order valence-electron chi connectivity index (χ4n) is 1.92. The number of nitrogens with two attached hydrogens (primary N) is 1. The quantitative estimate of drug-likeness (QED) is 0.655. The number of carbonyl (C=O) groups is 1. The molecule has 0 aliphatic heterocycles. The summed E-state index contributed by atoms with van der Waals surface area (Å²) in [6.45, 7) is 0.462. The number of nitrogens with one attached hydrogen (secondary N) is 1. The second-order valence-electron chi connectivity index (χ2n) is 4.67. The minimum Gasteiger partial charge on any atom is -0.399 e. The van der Waals surface area contributed by atoms with Crippen molar-refractivity contribution >= 4 is 17.7 Å². The van der Waals surface area contributed by atoms with Crippen LogP contribution < -0.4 is 11.1 Å². The number of carbonyl (C=O) groups excluding carboxylic acids is 1. The van der Waals surface area contributed by atoms with E-state index >= 15 is 0 Å². The van der Waals surface area contributed by atoms with Gasteiger partial charge in [0.25, 0.3) is 0 Å². The van der Waals surface area contributed by atoms with E-state index < -0.39 is 0 Å². The van der Waals surface area contributed by atoms with E-state index in [4.69, 9.17) is 5.73 Å². The van der Waals surface area contributed by atoms with E-state index in [1.165, 1.54) is 18.2 Å². The number of halogens is 1. The Morgan fingerprint density at radius 2 is 2.00 bits per heavy atom. The zero-order valence-electron chi connectivity index (χ0n) is 11.6. The highest BCUT2D eigenvalue weighted by atomic mass is 19.1. The Kier molecular flexibility index (Phi) is 5.10. The molecule has 108 valence electrons. The molecular formula is C17H17FN2O. The van der Waals surface area contributed by atoms with Crippen molar-refractivity contribution in [2.45, 2.75) is 6.42 Å². The van der Waals surface area contributed by atoms with Crippen LogP contribution in [0.25, 0.3) is 6.08 Å². The first-order valence-corrected chi connectivity index (χ1v) is 6.69. The van der Waals surface area contributed by atoms with Crippen molar-refractivity contribution in [3.63, 3.8) is 0 Å². The fourth-order valence-corrected chi connectivity index (χ4v) is 1.92. The average Bonchev–Trinajstić information content (AvgIpc) is 2.45. The SMILES string of the molecule is Nc1cccc(/C=C/C(=O)NCCc2cccc(F)c2)c1. The van der Waals surface area contributed by atoms with E-state index in [-0.39, 0.29) is 11.7 Å². The van der Waals surface area contributed by atoms with Crippen LogP contribution in [0.15, 0.2) is 54.6 Å². The van der Waals surface area contributed by atoms with Crippen LogP contribution in [0.3, 0.4) is 0 Å². The molecule has 0 saturated carbocycles. The molecule has 0 atom stereocenters. The predicted molar refractivity (Wildman–Crippen MR) is 83.0 cm³/mol. The van der Waals surface area contributed by atoms with E-state index in [0.29, 0.717) is 18.7 Å². The average molecular weight is 284 g/mol. The highest BCUT2D eigenvalue weighted by Crippen LogP contribution is 2.08.